The zero-order valence-corrected chi connectivity index (χ0v) is 11.5. The molecule has 2 N–H and O–H groups in total. The number of nitrogens with one attached hydrogen (secondary N) is 1. The van der Waals surface area contributed by atoms with Gasteiger partial charge in [0.15, 0.2) is 0 Å². The standard InChI is InChI=1S/C11H26NO3P/c1-3-5-7-8-10-12-16(13,14)15-11-9-6-4-2/h3-11H2,1-2H3,(H2,12,13,14). The van der Waals surface area contributed by atoms with Crippen LogP contribution < -0.4 is 5.09 Å². The van der Waals surface area contributed by atoms with Gasteiger partial charge in [-0.25, -0.2) is 9.65 Å². The fourth-order valence-electron chi connectivity index (χ4n) is 1.36. The van der Waals surface area contributed by atoms with Crippen molar-refractivity contribution in [2.24, 2.45) is 0 Å². The highest BCUT2D eigenvalue weighted by atomic mass is 31.2. The van der Waals surface area contributed by atoms with Gasteiger partial charge < -0.3 is 4.89 Å². The molecular formula is C11H26NO3P. The minimum absolute atomic E-state index is 0.365. The first-order valence-electron chi connectivity index (χ1n) is 6.35. The maximum Gasteiger partial charge on any atom is 0.402 e. The van der Waals surface area contributed by atoms with E-state index in [0.717, 1.165) is 32.1 Å². The third-order valence-electron chi connectivity index (χ3n) is 2.36. The van der Waals surface area contributed by atoms with Crippen molar-refractivity contribution < 1.29 is 14.0 Å². The van der Waals surface area contributed by atoms with E-state index in [1.54, 1.807) is 0 Å². The van der Waals surface area contributed by atoms with Crippen LogP contribution in [0.4, 0.5) is 0 Å². The maximum atomic E-state index is 11.4. The maximum absolute atomic E-state index is 11.4. The Balaban J connectivity index is 3.43. The molecule has 0 bridgehead atoms. The van der Waals surface area contributed by atoms with Crippen LogP contribution in [0.15, 0.2) is 0 Å². The SMILES string of the molecule is CCCCCCNP(=O)(O)OCCCCC. The van der Waals surface area contributed by atoms with Gasteiger partial charge in [0.1, 0.15) is 0 Å². The number of rotatable bonds is 11. The Morgan fingerprint density at radius 3 is 2.31 bits per heavy atom. The minimum atomic E-state index is -3.53. The predicted octanol–water partition coefficient (Wildman–Crippen LogP) is 3.46. The van der Waals surface area contributed by atoms with Crippen LogP contribution in [0, 0.1) is 0 Å². The summed E-state index contributed by atoms with van der Waals surface area (Å²) in [5.74, 6) is 0. The highest BCUT2D eigenvalue weighted by Gasteiger charge is 2.17. The van der Waals surface area contributed by atoms with E-state index in [1.807, 2.05) is 0 Å². The molecule has 0 aliphatic rings. The van der Waals surface area contributed by atoms with Crippen molar-refractivity contribution in [1.82, 2.24) is 5.09 Å². The summed E-state index contributed by atoms with van der Waals surface area (Å²) in [5.41, 5.74) is 0. The van der Waals surface area contributed by atoms with Crippen molar-refractivity contribution in [2.45, 2.75) is 58.8 Å². The smallest absolute Gasteiger partial charge is 0.312 e. The Hall–Kier alpha value is 0.110. The molecular weight excluding hydrogens is 225 g/mol. The lowest BCUT2D eigenvalue weighted by Crippen LogP contribution is -2.14. The molecule has 16 heavy (non-hydrogen) atoms. The average Bonchev–Trinajstić information content (AvgIpc) is 2.24. The lowest BCUT2D eigenvalue weighted by molar-refractivity contribution is 0.244. The Morgan fingerprint density at radius 1 is 1.06 bits per heavy atom. The van der Waals surface area contributed by atoms with Gasteiger partial charge in [-0.15, -0.1) is 0 Å². The van der Waals surface area contributed by atoms with Crippen LogP contribution in [0.25, 0.3) is 0 Å². The molecule has 0 spiro atoms. The second kappa shape index (κ2) is 10.3. The van der Waals surface area contributed by atoms with Crippen LogP contribution in [0.1, 0.15) is 58.8 Å². The predicted molar refractivity (Wildman–Crippen MR) is 67.4 cm³/mol. The summed E-state index contributed by atoms with van der Waals surface area (Å²) in [5, 5.41) is 2.58. The second-order valence-electron chi connectivity index (χ2n) is 4.03. The van der Waals surface area contributed by atoms with Gasteiger partial charge >= 0.3 is 7.75 Å². The van der Waals surface area contributed by atoms with Gasteiger partial charge in [-0.2, -0.15) is 0 Å². The van der Waals surface area contributed by atoms with E-state index in [4.69, 9.17) is 4.52 Å². The Bertz CT molecular complexity index is 200. The molecule has 0 radical (unpaired) electrons. The van der Waals surface area contributed by atoms with E-state index in [1.165, 1.54) is 12.8 Å². The van der Waals surface area contributed by atoms with Gasteiger partial charge in [-0.05, 0) is 12.8 Å². The first kappa shape index (κ1) is 16.1. The van der Waals surface area contributed by atoms with Gasteiger partial charge in [0.2, 0.25) is 0 Å². The third-order valence-corrected chi connectivity index (χ3v) is 3.51. The van der Waals surface area contributed by atoms with Crippen LogP contribution in [0.5, 0.6) is 0 Å². The van der Waals surface area contributed by atoms with Crippen LogP contribution in [-0.2, 0) is 9.09 Å². The van der Waals surface area contributed by atoms with Crippen LogP contribution >= 0.6 is 7.75 Å². The Kier molecular flexibility index (Phi) is 10.3. The Morgan fingerprint density at radius 2 is 1.69 bits per heavy atom. The molecule has 0 saturated carbocycles. The molecule has 0 aromatic heterocycles. The summed E-state index contributed by atoms with van der Waals surface area (Å²) in [6, 6.07) is 0. The largest absolute Gasteiger partial charge is 0.402 e. The summed E-state index contributed by atoms with van der Waals surface area (Å²) >= 11 is 0. The van der Waals surface area contributed by atoms with Gasteiger partial charge in [0.05, 0.1) is 6.61 Å². The van der Waals surface area contributed by atoms with Crippen molar-refractivity contribution in [3.63, 3.8) is 0 Å². The highest BCUT2D eigenvalue weighted by molar-refractivity contribution is 7.50. The van der Waals surface area contributed by atoms with Gasteiger partial charge in [-0.3, -0.25) is 4.52 Å². The molecule has 0 aromatic carbocycles. The molecule has 0 heterocycles. The van der Waals surface area contributed by atoms with E-state index in [-0.39, 0.29) is 0 Å². The summed E-state index contributed by atoms with van der Waals surface area (Å²) in [4.78, 5) is 9.39. The van der Waals surface area contributed by atoms with Crippen LogP contribution in [0.2, 0.25) is 0 Å². The molecule has 0 aromatic rings. The molecule has 0 fully saturated rings. The average molecular weight is 251 g/mol. The molecule has 0 rings (SSSR count). The lowest BCUT2D eigenvalue weighted by Gasteiger charge is -2.12. The second-order valence-corrected chi connectivity index (χ2v) is 5.64. The topological polar surface area (TPSA) is 58.6 Å². The molecule has 1 atom stereocenters. The van der Waals surface area contributed by atoms with Crippen LogP contribution in [0.3, 0.4) is 0 Å². The summed E-state index contributed by atoms with van der Waals surface area (Å²) in [6.45, 7) is 5.15. The van der Waals surface area contributed by atoms with Crippen molar-refractivity contribution in [1.29, 1.82) is 0 Å². The highest BCUT2D eigenvalue weighted by Crippen LogP contribution is 2.36. The molecule has 5 heteroatoms. The quantitative estimate of drug-likeness (QED) is 0.436. The molecule has 4 nitrogen and oxygen atoms in total. The van der Waals surface area contributed by atoms with Gasteiger partial charge in [0, 0.05) is 6.54 Å². The van der Waals surface area contributed by atoms with Gasteiger partial charge in [0.25, 0.3) is 0 Å². The molecule has 0 amide bonds. The molecule has 1 unspecified atom stereocenters. The van der Waals surface area contributed by atoms with Crippen LogP contribution in [-0.4, -0.2) is 18.0 Å². The zero-order valence-electron chi connectivity index (χ0n) is 10.6. The fraction of sp³-hybridized carbons (Fsp3) is 1.00. The number of hydrogen-bond acceptors (Lipinski definition) is 2. The summed E-state index contributed by atoms with van der Waals surface area (Å²) < 4.78 is 16.4. The van der Waals surface area contributed by atoms with Crippen molar-refractivity contribution in [2.75, 3.05) is 13.2 Å². The minimum Gasteiger partial charge on any atom is -0.312 e. The molecule has 0 aliphatic heterocycles. The van der Waals surface area contributed by atoms with Crippen molar-refractivity contribution >= 4 is 7.75 Å². The van der Waals surface area contributed by atoms with E-state index in [9.17, 15) is 9.46 Å². The lowest BCUT2D eigenvalue weighted by atomic mass is 10.2. The van der Waals surface area contributed by atoms with Crippen molar-refractivity contribution in [3.8, 4) is 0 Å². The number of hydrogen-bond donors (Lipinski definition) is 2. The van der Waals surface area contributed by atoms with Crippen molar-refractivity contribution in [3.05, 3.63) is 0 Å². The number of unbranched alkanes of at least 4 members (excludes halogenated alkanes) is 5. The Labute approximate surface area is 99.4 Å². The first-order chi connectivity index (χ1) is 7.62. The molecule has 0 aliphatic carbocycles. The van der Waals surface area contributed by atoms with E-state index >= 15 is 0 Å². The third kappa shape index (κ3) is 10.6. The monoisotopic (exact) mass is 251 g/mol. The fourth-order valence-corrected chi connectivity index (χ4v) is 2.27. The normalized spacial score (nSPS) is 14.9. The van der Waals surface area contributed by atoms with Gasteiger partial charge in [-0.1, -0.05) is 46.0 Å². The summed E-state index contributed by atoms with van der Waals surface area (Å²) in [6.07, 6.45) is 7.34. The molecule has 98 valence electrons. The zero-order chi connectivity index (χ0) is 12.3. The van der Waals surface area contributed by atoms with E-state index in [0.29, 0.717) is 13.2 Å². The summed E-state index contributed by atoms with van der Waals surface area (Å²) in [7, 11) is -3.53. The van der Waals surface area contributed by atoms with E-state index < -0.39 is 7.75 Å². The first-order valence-corrected chi connectivity index (χ1v) is 7.92. The van der Waals surface area contributed by atoms with E-state index in [2.05, 4.69) is 18.9 Å². The molecule has 0 saturated heterocycles.